The van der Waals surface area contributed by atoms with Gasteiger partial charge in [0, 0.05) is 19.6 Å². The lowest BCUT2D eigenvalue weighted by atomic mass is 10.0. The molecule has 5 nitrogen and oxygen atoms in total. The Hall–Kier alpha value is -0.650. The van der Waals surface area contributed by atoms with Gasteiger partial charge in [0.05, 0.1) is 12.6 Å². The molecule has 2 fully saturated rings. The van der Waals surface area contributed by atoms with Gasteiger partial charge in [0.25, 0.3) is 0 Å². The summed E-state index contributed by atoms with van der Waals surface area (Å²) < 4.78 is 5.12. The summed E-state index contributed by atoms with van der Waals surface area (Å²) in [6, 6.07) is -0.0836. The van der Waals surface area contributed by atoms with Crippen LogP contribution in [0.1, 0.15) is 25.7 Å². The summed E-state index contributed by atoms with van der Waals surface area (Å²) in [6.07, 6.45) is 3.73. The summed E-state index contributed by atoms with van der Waals surface area (Å²) in [5.74, 6) is 0.0000231. The fourth-order valence-corrected chi connectivity index (χ4v) is 2.19. The molecule has 0 radical (unpaired) electrons. The van der Waals surface area contributed by atoms with Gasteiger partial charge in [-0.1, -0.05) is 6.42 Å². The molecule has 0 aliphatic carbocycles. The van der Waals surface area contributed by atoms with Crippen molar-refractivity contribution in [1.82, 2.24) is 10.6 Å². The Bertz CT molecular complexity index is 246. The van der Waals surface area contributed by atoms with Crippen molar-refractivity contribution in [3.63, 3.8) is 0 Å². The highest BCUT2D eigenvalue weighted by Gasteiger charge is 2.33. The lowest BCUT2D eigenvalue weighted by Crippen LogP contribution is -2.51. The minimum absolute atomic E-state index is 0.0000231. The third-order valence-corrected chi connectivity index (χ3v) is 3.30. The van der Waals surface area contributed by atoms with Gasteiger partial charge in [-0.2, -0.15) is 0 Å². The molecule has 0 bridgehead atoms. The van der Waals surface area contributed by atoms with Crippen molar-refractivity contribution in [2.45, 2.75) is 37.3 Å². The van der Waals surface area contributed by atoms with Crippen LogP contribution in [0.25, 0.3) is 0 Å². The van der Waals surface area contributed by atoms with E-state index >= 15 is 0 Å². The molecule has 16 heavy (non-hydrogen) atoms. The zero-order valence-electron chi connectivity index (χ0n) is 9.50. The first kappa shape index (κ1) is 11.8. The van der Waals surface area contributed by atoms with Gasteiger partial charge in [-0.25, -0.2) is 0 Å². The van der Waals surface area contributed by atoms with Gasteiger partial charge in [-0.3, -0.25) is 4.79 Å². The zero-order valence-corrected chi connectivity index (χ0v) is 9.50. The molecular formula is C11H20N2O3. The van der Waals surface area contributed by atoms with Crippen molar-refractivity contribution >= 4 is 5.91 Å². The van der Waals surface area contributed by atoms with E-state index in [1.165, 1.54) is 0 Å². The molecule has 5 heteroatoms. The molecule has 1 unspecified atom stereocenters. The minimum Gasteiger partial charge on any atom is -0.386 e. The number of rotatable bonds is 3. The minimum atomic E-state index is -0.857. The summed E-state index contributed by atoms with van der Waals surface area (Å²) in [5.41, 5.74) is -0.857. The third-order valence-electron chi connectivity index (χ3n) is 3.30. The maximum absolute atomic E-state index is 11.8. The first-order valence-electron chi connectivity index (χ1n) is 6.01. The fourth-order valence-electron chi connectivity index (χ4n) is 2.19. The molecule has 2 aliphatic heterocycles. The molecule has 0 saturated carbocycles. The number of amides is 1. The van der Waals surface area contributed by atoms with Crippen LogP contribution in [0.4, 0.5) is 0 Å². The third kappa shape index (κ3) is 2.93. The molecule has 92 valence electrons. The largest absolute Gasteiger partial charge is 0.386 e. The van der Waals surface area contributed by atoms with Crippen LogP contribution < -0.4 is 10.6 Å². The Morgan fingerprint density at radius 1 is 1.56 bits per heavy atom. The fraction of sp³-hybridized carbons (Fsp3) is 0.909. The van der Waals surface area contributed by atoms with Crippen LogP contribution in [-0.4, -0.2) is 49.0 Å². The molecule has 2 rings (SSSR count). The number of ether oxygens (including phenoxy) is 1. The summed E-state index contributed by atoms with van der Waals surface area (Å²) in [7, 11) is 0. The summed E-state index contributed by atoms with van der Waals surface area (Å²) in [6.45, 7) is 2.11. The Morgan fingerprint density at radius 2 is 2.44 bits per heavy atom. The van der Waals surface area contributed by atoms with Crippen LogP contribution in [0.2, 0.25) is 0 Å². The second-order valence-electron chi connectivity index (χ2n) is 4.75. The number of carbonyl (C=O) groups is 1. The predicted molar refractivity (Wildman–Crippen MR) is 59.0 cm³/mol. The average Bonchev–Trinajstić information content (AvgIpc) is 2.75. The second-order valence-corrected chi connectivity index (χ2v) is 4.75. The van der Waals surface area contributed by atoms with E-state index in [9.17, 15) is 9.90 Å². The highest BCUT2D eigenvalue weighted by molar-refractivity contribution is 5.81. The van der Waals surface area contributed by atoms with E-state index in [4.69, 9.17) is 4.74 Å². The molecular weight excluding hydrogens is 208 g/mol. The standard InChI is InChI=1S/C11H20N2O3/c14-10(9-3-1-2-5-12-9)13-7-11(15)4-6-16-8-11/h9,12,15H,1-8H2,(H,13,14)/t9-,11?/m1/s1. The molecule has 1 amide bonds. The summed E-state index contributed by atoms with van der Waals surface area (Å²) in [5, 5.41) is 16.0. The monoisotopic (exact) mass is 228 g/mol. The van der Waals surface area contributed by atoms with Crippen LogP contribution in [0.5, 0.6) is 0 Å². The highest BCUT2D eigenvalue weighted by Crippen LogP contribution is 2.17. The van der Waals surface area contributed by atoms with Crippen molar-refractivity contribution in [2.75, 3.05) is 26.3 Å². The van der Waals surface area contributed by atoms with Crippen LogP contribution in [-0.2, 0) is 9.53 Å². The van der Waals surface area contributed by atoms with Crippen LogP contribution in [0.3, 0.4) is 0 Å². The number of hydrogen-bond donors (Lipinski definition) is 3. The molecule has 3 N–H and O–H groups in total. The first-order valence-corrected chi connectivity index (χ1v) is 6.01. The smallest absolute Gasteiger partial charge is 0.237 e. The van der Waals surface area contributed by atoms with Gasteiger partial charge in [-0.05, 0) is 19.4 Å². The van der Waals surface area contributed by atoms with Crippen molar-refractivity contribution in [3.05, 3.63) is 0 Å². The van der Waals surface area contributed by atoms with Crippen molar-refractivity contribution in [3.8, 4) is 0 Å². The molecule has 2 aliphatic rings. The van der Waals surface area contributed by atoms with E-state index < -0.39 is 5.60 Å². The lowest BCUT2D eigenvalue weighted by molar-refractivity contribution is -0.124. The summed E-state index contributed by atoms with van der Waals surface area (Å²) >= 11 is 0. The number of hydrogen-bond acceptors (Lipinski definition) is 4. The summed E-state index contributed by atoms with van der Waals surface area (Å²) in [4.78, 5) is 11.8. The van der Waals surface area contributed by atoms with Gasteiger partial charge < -0.3 is 20.5 Å². The molecule has 0 spiro atoms. The molecule has 2 atom stereocenters. The SMILES string of the molecule is O=C(NCC1(O)CCOC1)[C@H]1CCCCN1. The quantitative estimate of drug-likeness (QED) is 0.603. The Morgan fingerprint density at radius 3 is 3.06 bits per heavy atom. The van der Waals surface area contributed by atoms with E-state index in [2.05, 4.69) is 10.6 Å². The maximum atomic E-state index is 11.8. The average molecular weight is 228 g/mol. The first-order chi connectivity index (χ1) is 7.70. The topological polar surface area (TPSA) is 70.6 Å². The molecule has 2 saturated heterocycles. The van der Waals surface area contributed by atoms with E-state index in [0.717, 1.165) is 25.8 Å². The number of aliphatic hydroxyl groups is 1. The van der Waals surface area contributed by atoms with Crippen LogP contribution in [0.15, 0.2) is 0 Å². The maximum Gasteiger partial charge on any atom is 0.237 e. The lowest BCUT2D eigenvalue weighted by Gasteiger charge is -2.25. The number of carbonyl (C=O) groups excluding carboxylic acids is 1. The zero-order chi connectivity index (χ0) is 11.4. The molecule has 0 aromatic carbocycles. The molecule has 0 aromatic rings. The Balaban J connectivity index is 1.74. The molecule has 2 heterocycles. The van der Waals surface area contributed by atoms with E-state index in [1.807, 2.05) is 0 Å². The van der Waals surface area contributed by atoms with E-state index in [1.54, 1.807) is 0 Å². The highest BCUT2D eigenvalue weighted by atomic mass is 16.5. The Labute approximate surface area is 95.5 Å². The van der Waals surface area contributed by atoms with Gasteiger partial charge in [0.2, 0.25) is 5.91 Å². The van der Waals surface area contributed by atoms with Crippen molar-refractivity contribution < 1.29 is 14.6 Å². The van der Waals surface area contributed by atoms with Crippen molar-refractivity contribution in [1.29, 1.82) is 0 Å². The van der Waals surface area contributed by atoms with Gasteiger partial charge in [0.1, 0.15) is 5.60 Å². The van der Waals surface area contributed by atoms with Crippen LogP contribution >= 0.6 is 0 Å². The van der Waals surface area contributed by atoms with E-state index in [0.29, 0.717) is 26.2 Å². The van der Waals surface area contributed by atoms with Gasteiger partial charge >= 0.3 is 0 Å². The van der Waals surface area contributed by atoms with Gasteiger partial charge in [-0.15, -0.1) is 0 Å². The van der Waals surface area contributed by atoms with Gasteiger partial charge in [0.15, 0.2) is 0 Å². The van der Waals surface area contributed by atoms with Crippen molar-refractivity contribution in [2.24, 2.45) is 0 Å². The molecule has 0 aromatic heterocycles. The van der Waals surface area contributed by atoms with E-state index in [-0.39, 0.29) is 11.9 Å². The predicted octanol–water partition coefficient (Wildman–Crippen LogP) is -0.604. The normalized spacial score (nSPS) is 34.9. The van der Waals surface area contributed by atoms with Crippen LogP contribution in [0, 0.1) is 0 Å². The number of piperidine rings is 1. The second kappa shape index (κ2) is 5.12. The number of nitrogens with one attached hydrogen (secondary N) is 2. The Kier molecular flexibility index (Phi) is 3.78.